The van der Waals surface area contributed by atoms with Crippen LogP contribution in [0.3, 0.4) is 0 Å². The van der Waals surface area contributed by atoms with Crippen molar-refractivity contribution in [1.82, 2.24) is 0 Å². The molecule has 242 valence electrons. The van der Waals surface area contributed by atoms with Crippen molar-refractivity contribution in [2.24, 2.45) is 0 Å². The summed E-state index contributed by atoms with van der Waals surface area (Å²) in [5, 5.41) is 0. The van der Waals surface area contributed by atoms with Crippen molar-refractivity contribution in [2.45, 2.75) is 78.5 Å². The predicted molar refractivity (Wildman–Crippen MR) is 150 cm³/mol. The highest BCUT2D eigenvalue weighted by Crippen LogP contribution is 2.51. The molecule has 14 nitrogen and oxygen atoms in total. The molecule has 6 atom stereocenters. The predicted octanol–water partition coefficient (Wildman–Crippen LogP) is 3.98. The molecule has 0 aromatic carbocycles. The van der Waals surface area contributed by atoms with E-state index in [1.807, 2.05) is 0 Å². The lowest BCUT2D eigenvalue weighted by Gasteiger charge is -2.33. The Morgan fingerprint density at radius 3 is 1.26 bits per heavy atom. The van der Waals surface area contributed by atoms with E-state index in [9.17, 15) is 18.7 Å². The van der Waals surface area contributed by atoms with Gasteiger partial charge < -0.3 is 46.5 Å². The lowest BCUT2D eigenvalue weighted by atomic mass is 10.0. The van der Waals surface area contributed by atoms with Crippen LogP contribution in [0.2, 0.25) is 0 Å². The first-order valence-corrected chi connectivity index (χ1v) is 17.3. The van der Waals surface area contributed by atoms with Crippen molar-refractivity contribution >= 4 is 27.1 Å². The maximum atomic E-state index is 13.1. The Kier molecular flexibility index (Phi) is 15.0. The highest BCUT2D eigenvalue weighted by Gasteiger charge is 2.49. The van der Waals surface area contributed by atoms with Gasteiger partial charge in [0.15, 0.2) is 24.8 Å². The zero-order valence-corrected chi connectivity index (χ0v) is 26.9. The molecule has 0 amide bonds. The first-order chi connectivity index (χ1) is 19.8. The summed E-state index contributed by atoms with van der Waals surface area (Å²) in [6, 6.07) is 0. The van der Waals surface area contributed by atoms with Gasteiger partial charge in [-0.25, -0.2) is 9.59 Å². The van der Waals surface area contributed by atoms with E-state index >= 15 is 0 Å². The molecule has 0 radical (unpaired) electrons. The zero-order valence-electron chi connectivity index (χ0n) is 25.1. The molecule has 16 heteroatoms. The number of carbonyl (C=O) groups is 2. The Hall–Kier alpha value is -1.44. The fourth-order valence-corrected chi connectivity index (χ4v) is 7.34. The van der Waals surface area contributed by atoms with Crippen LogP contribution in [0.15, 0.2) is 24.3 Å². The Bertz CT molecular complexity index is 932. The molecule has 2 rings (SSSR count). The largest absolute Gasteiger partial charge is 0.452 e. The van der Waals surface area contributed by atoms with Crippen LogP contribution in [-0.2, 0) is 65.2 Å². The topological polar surface area (TPSA) is 161 Å². The second kappa shape index (κ2) is 17.2. The van der Waals surface area contributed by atoms with Crippen LogP contribution in [0.25, 0.3) is 0 Å². The Labute approximate surface area is 247 Å². The van der Waals surface area contributed by atoms with Gasteiger partial charge in [-0.1, -0.05) is 13.2 Å². The normalized spacial score (nSPS) is 24.2. The molecule has 2 aliphatic heterocycles. The molecule has 0 spiro atoms. The van der Waals surface area contributed by atoms with Gasteiger partial charge in [0.2, 0.25) is 0 Å². The highest BCUT2D eigenvalue weighted by atomic mass is 31.2. The molecule has 2 aliphatic rings. The fourth-order valence-electron chi connectivity index (χ4n) is 4.08. The number of hydrogen-bond acceptors (Lipinski definition) is 14. The summed E-state index contributed by atoms with van der Waals surface area (Å²) in [4.78, 5) is 25.4. The van der Waals surface area contributed by atoms with E-state index < -0.39 is 64.1 Å². The van der Waals surface area contributed by atoms with Crippen molar-refractivity contribution in [3.63, 3.8) is 0 Å². The van der Waals surface area contributed by atoms with Crippen molar-refractivity contribution in [1.29, 1.82) is 0 Å². The van der Waals surface area contributed by atoms with Gasteiger partial charge >= 0.3 is 27.1 Å². The number of esters is 2. The van der Waals surface area contributed by atoms with Crippen molar-refractivity contribution in [3.8, 4) is 0 Å². The van der Waals surface area contributed by atoms with Gasteiger partial charge in [0.1, 0.15) is 24.5 Å². The Morgan fingerprint density at radius 2 is 1.00 bits per heavy atom. The molecular weight excluding hydrogens is 598 g/mol. The minimum Gasteiger partial charge on any atom is -0.452 e. The molecule has 0 N–H and O–H groups in total. The summed E-state index contributed by atoms with van der Waals surface area (Å²) in [5.41, 5.74) is 0.155. The minimum absolute atomic E-state index is 0.0773. The van der Waals surface area contributed by atoms with Gasteiger partial charge in [0.05, 0.1) is 39.6 Å². The zero-order chi connectivity index (χ0) is 31.5. The molecule has 0 aromatic heterocycles. The molecule has 2 heterocycles. The first kappa shape index (κ1) is 36.8. The summed E-state index contributed by atoms with van der Waals surface area (Å²) in [6.07, 6.45) is -7.12. The second-order valence-corrected chi connectivity index (χ2v) is 13.6. The van der Waals surface area contributed by atoms with Crippen LogP contribution in [0.1, 0.15) is 41.5 Å². The van der Waals surface area contributed by atoms with E-state index in [1.165, 1.54) is 13.8 Å². The molecule has 2 fully saturated rings. The smallest absolute Gasteiger partial charge is 0.335 e. The summed E-state index contributed by atoms with van der Waals surface area (Å²) >= 11 is 0. The van der Waals surface area contributed by atoms with Gasteiger partial charge in [-0.3, -0.25) is 9.13 Å². The molecule has 42 heavy (non-hydrogen) atoms. The van der Waals surface area contributed by atoms with Crippen LogP contribution in [0.4, 0.5) is 0 Å². The lowest BCUT2D eigenvalue weighted by molar-refractivity contribution is -0.188. The summed E-state index contributed by atoms with van der Waals surface area (Å²) in [7, 11) is -7.10. The highest BCUT2D eigenvalue weighted by molar-refractivity contribution is 7.54. The van der Waals surface area contributed by atoms with Crippen LogP contribution >= 0.6 is 15.2 Å². The Balaban J connectivity index is 2.34. The SMILES string of the molecule is C=C(C)C(=O)OC(C1COC(CP(=O)(OCC)OCC)O1)C(OC(=O)C(=C)C)C1COC(CP(=O)(OCC)OCC)O1. The van der Waals surface area contributed by atoms with Gasteiger partial charge in [-0.2, -0.15) is 0 Å². The molecule has 0 bridgehead atoms. The maximum Gasteiger partial charge on any atom is 0.335 e. The minimum atomic E-state index is -3.55. The van der Waals surface area contributed by atoms with Crippen molar-refractivity contribution in [2.75, 3.05) is 52.0 Å². The molecule has 2 saturated heterocycles. The number of ether oxygens (including phenoxy) is 6. The van der Waals surface area contributed by atoms with Gasteiger partial charge in [-0.05, 0) is 41.5 Å². The number of hydrogen-bond donors (Lipinski definition) is 0. The maximum absolute atomic E-state index is 13.1. The molecular formula is C26H44O14P2. The van der Waals surface area contributed by atoms with Crippen LogP contribution in [0.5, 0.6) is 0 Å². The Morgan fingerprint density at radius 1 is 0.690 bits per heavy atom. The van der Waals surface area contributed by atoms with Crippen molar-refractivity contribution in [3.05, 3.63) is 24.3 Å². The van der Waals surface area contributed by atoms with Crippen molar-refractivity contribution < 1.29 is 65.2 Å². The fraction of sp³-hybridized carbons (Fsp3) is 0.769. The third-order valence-corrected chi connectivity index (χ3v) is 9.93. The van der Waals surface area contributed by atoms with Gasteiger partial charge in [0, 0.05) is 11.1 Å². The summed E-state index contributed by atoms with van der Waals surface area (Å²) < 4.78 is 82.3. The first-order valence-electron chi connectivity index (χ1n) is 13.8. The van der Waals surface area contributed by atoms with E-state index in [0.29, 0.717) is 0 Å². The van der Waals surface area contributed by atoms with Crippen LogP contribution in [-0.4, -0.2) is 101 Å². The summed E-state index contributed by atoms with van der Waals surface area (Å²) in [6.45, 7) is 17.2. The van der Waals surface area contributed by atoms with Gasteiger partial charge in [-0.15, -0.1) is 0 Å². The third-order valence-electron chi connectivity index (χ3n) is 5.83. The lowest BCUT2D eigenvalue weighted by Crippen LogP contribution is -2.51. The average Bonchev–Trinajstić information content (AvgIpc) is 3.55. The van der Waals surface area contributed by atoms with E-state index in [4.69, 9.17) is 46.5 Å². The number of rotatable bonds is 19. The molecule has 0 aromatic rings. The average molecular weight is 643 g/mol. The molecule has 6 unspecified atom stereocenters. The van der Waals surface area contributed by atoms with Crippen LogP contribution in [0, 0.1) is 0 Å². The monoisotopic (exact) mass is 642 g/mol. The standard InChI is InChI=1S/C26H44O14P2/c1-9-33-41(29,34-10-2)15-21-31-13-19(37-21)23(39-25(27)17(5)6)24(40-26(28)18(7)8)20-14-32-22(38-20)16-42(30,35-11-3)36-12-4/h19-24H,5,7,9-16H2,1-4,6,8H3. The van der Waals surface area contributed by atoms with E-state index in [-0.39, 0.29) is 63.1 Å². The van der Waals surface area contributed by atoms with E-state index in [1.54, 1.807) is 27.7 Å². The van der Waals surface area contributed by atoms with Gasteiger partial charge in [0.25, 0.3) is 0 Å². The quantitative estimate of drug-likeness (QED) is 0.113. The molecule has 0 saturated carbocycles. The molecule has 0 aliphatic carbocycles. The third kappa shape index (κ3) is 10.9. The van der Waals surface area contributed by atoms with Crippen LogP contribution < -0.4 is 0 Å². The second-order valence-electron chi connectivity index (χ2n) is 9.43. The van der Waals surface area contributed by atoms with E-state index in [2.05, 4.69) is 13.2 Å². The number of carbonyl (C=O) groups excluding carboxylic acids is 2. The van der Waals surface area contributed by atoms with E-state index in [0.717, 1.165) is 0 Å². The summed E-state index contributed by atoms with van der Waals surface area (Å²) in [5.74, 6) is -1.57.